The Morgan fingerprint density at radius 3 is 2.82 bits per heavy atom. The molecule has 0 aliphatic carbocycles. The molecule has 2 N–H and O–H groups in total. The zero-order chi connectivity index (χ0) is 8.27. The molecule has 0 aliphatic rings. The summed E-state index contributed by atoms with van der Waals surface area (Å²) < 4.78 is 4.84. The molecule has 0 unspecified atom stereocenters. The van der Waals surface area contributed by atoms with Crippen LogP contribution in [0.2, 0.25) is 0 Å². The van der Waals surface area contributed by atoms with Gasteiger partial charge < -0.3 is 14.8 Å². The number of aromatic nitrogens is 1. The summed E-state index contributed by atoms with van der Waals surface area (Å²) in [7, 11) is -0.0341. The first-order valence-electron chi connectivity index (χ1n) is 3.10. The minimum Gasteiger partial charge on any atom is -0.497 e. The zero-order valence-corrected chi connectivity index (χ0v) is 6.06. The molecule has 4 nitrogen and oxygen atoms in total. The Morgan fingerprint density at radius 1 is 1.55 bits per heavy atom. The highest BCUT2D eigenvalue weighted by molar-refractivity contribution is 6.57. The molecule has 5 heteroatoms. The summed E-state index contributed by atoms with van der Waals surface area (Å²) in [5, 5.41) is 17.4. The Labute approximate surface area is 64.6 Å². The lowest BCUT2D eigenvalue weighted by atomic mass is 9.86. The van der Waals surface area contributed by atoms with E-state index in [4.69, 9.17) is 14.8 Å². The van der Waals surface area contributed by atoms with Crippen molar-refractivity contribution in [2.45, 2.75) is 0 Å². The number of ether oxygens (including phenoxy) is 1. The van der Waals surface area contributed by atoms with Crippen molar-refractivity contribution in [1.82, 2.24) is 4.98 Å². The van der Waals surface area contributed by atoms with Crippen LogP contribution in [0, 0.1) is 0 Å². The minimum atomic E-state index is -1.54. The summed E-state index contributed by atoms with van der Waals surface area (Å²) in [6.45, 7) is 0. The first kappa shape index (κ1) is 8.04. The summed E-state index contributed by atoms with van der Waals surface area (Å²) in [6, 6.07) is 3.09. The number of hydrogen-bond donors (Lipinski definition) is 2. The predicted octanol–water partition coefficient (Wildman–Crippen LogP) is -1.23. The van der Waals surface area contributed by atoms with E-state index >= 15 is 0 Å². The first-order chi connectivity index (χ1) is 5.24. The predicted molar refractivity (Wildman–Crippen MR) is 40.6 cm³/mol. The van der Waals surface area contributed by atoms with E-state index in [1.54, 1.807) is 6.07 Å². The third-order valence-electron chi connectivity index (χ3n) is 1.25. The van der Waals surface area contributed by atoms with Gasteiger partial charge in [0.1, 0.15) is 5.75 Å². The Kier molecular flexibility index (Phi) is 2.46. The zero-order valence-electron chi connectivity index (χ0n) is 6.06. The topological polar surface area (TPSA) is 62.6 Å². The van der Waals surface area contributed by atoms with Crippen LogP contribution >= 0.6 is 0 Å². The van der Waals surface area contributed by atoms with Gasteiger partial charge in [-0.2, -0.15) is 0 Å². The highest BCUT2D eigenvalue weighted by Gasteiger charge is 2.12. The Morgan fingerprint density at radius 2 is 2.27 bits per heavy atom. The van der Waals surface area contributed by atoms with Gasteiger partial charge >= 0.3 is 7.12 Å². The third-order valence-corrected chi connectivity index (χ3v) is 1.25. The van der Waals surface area contributed by atoms with E-state index in [0.29, 0.717) is 5.75 Å². The average Bonchev–Trinajstić information content (AvgIpc) is 2.05. The van der Waals surface area contributed by atoms with Gasteiger partial charge in [-0.3, -0.25) is 4.98 Å². The molecule has 1 rings (SSSR count). The number of nitrogens with zero attached hydrogens (tertiary/aromatic N) is 1. The third kappa shape index (κ3) is 1.93. The molecule has 0 saturated heterocycles. The quantitative estimate of drug-likeness (QED) is 0.522. The van der Waals surface area contributed by atoms with Gasteiger partial charge in [-0.05, 0) is 12.1 Å². The van der Waals surface area contributed by atoms with E-state index in [-0.39, 0.29) is 5.59 Å². The average molecular weight is 153 g/mol. The second-order valence-electron chi connectivity index (χ2n) is 1.99. The van der Waals surface area contributed by atoms with Crippen molar-refractivity contribution in [3.05, 3.63) is 18.3 Å². The van der Waals surface area contributed by atoms with Gasteiger partial charge in [0.15, 0.2) is 0 Å². The summed E-state index contributed by atoms with van der Waals surface area (Å²) in [5.74, 6) is 0.558. The van der Waals surface area contributed by atoms with Gasteiger partial charge in [0, 0.05) is 6.20 Å². The van der Waals surface area contributed by atoms with E-state index in [0.717, 1.165) is 0 Å². The van der Waals surface area contributed by atoms with Crippen LogP contribution in [0.5, 0.6) is 5.75 Å². The molecule has 0 saturated carbocycles. The molecule has 0 spiro atoms. The van der Waals surface area contributed by atoms with E-state index in [9.17, 15) is 0 Å². The normalized spacial score (nSPS) is 9.36. The molecule has 0 aromatic carbocycles. The highest BCUT2D eigenvalue weighted by Crippen LogP contribution is 2.03. The van der Waals surface area contributed by atoms with Gasteiger partial charge in [0.25, 0.3) is 0 Å². The highest BCUT2D eigenvalue weighted by atomic mass is 16.5. The van der Waals surface area contributed by atoms with Crippen LogP contribution in [-0.4, -0.2) is 29.3 Å². The van der Waals surface area contributed by atoms with Crippen molar-refractivity contribution in [3.8, 4) is 5.75 Å². The molecular weight excluding hydrogens is 145 g/mol. The van der Waals surface area contributed by atoms with E-state index < -0.39 is 7.12 Å². The molecule has 58 valence electrons. The maximum absolute atomic E-state index is 8.68. The monoisotopic (exact) mass is 153 g/mol. The van der Waals surface area contributed by atoms with Crippen LogP contribution < -0.4 is 10.3 Å². The SMILES string of the molecule is COc1ccnc(B(O)O)c1. The van der Waals surface area contributed by atoms with Gasteiger partial charge in [-0.1, -0.05) is 0 Å². The Hall–Kier alpha value is -1.07. The molecule has 0 atom stereocenters. The molecule has 0 aliphatic heterocycles. The molecule has 1 heterocycles. The smallest absolute Gasteiger partial charge is 0.497 e. The van der Waals surface area contributed by atoms with Gasteiger partial charge in [0.2, 0.25) is 0 Å². The van der Waals surface area contributed by atoms with Gasteiger partial charge in [-0.25, -0.2) is 0 Å². The van der Waals surface area contributed by atoms with E-state index in [2.05, 4.69) is 4.98 Å². The summed E-state index contributed by atoms with van der Waals surface area (Å²) in [4.78, 5) is 3.71. The lowest BCUT2D eigenvalue weighted by molar-refractivity contribution is 0.410. The molecule has 1 aromatic rings. The molecule has 0 fully saturated rings. The molecule has 11 heavy (non-hydrogen) atoms. The number of pyridine rings is 1. The fraction of sp³-hybridized carbons (Fsp3) is 0.167. The molecule has 0 amide bonds. The second kappa shape index (κ2) is 3.36. The largest absolute Gasteiger partial charge is 0.508 e. The summed E-state index contributed by atoms with van der Waals surface area (Å²) in [6.07, 6.45) is 1.45. The fourth-order valence-corrected chi connectivity index (χ4v) is 0.696. The lowest BCUT2D eigenvalue weighted by Crippen LogP contribution is -2.32. The van der Waals surface area contributed by atoms with Gasteiger partial charge in [-0.15, -0.1) is 0 Å². The number of methoxy groups -OCH3 is 1. The minimum absolute atomic E-state index is 0.185. The van der Waals surface area contributed by atoms with Crippen LogP contribution in [0.25, 0.3) is 0 Å². The molecular formula is C6H8BNO3. The lowest BCUT2D eigenvalue weighted by Gasteiger charge is -2.00. The van der Waals surface area contributed by atoms with E-state index in [1.165, 1.54) is 19.4 Å². The van der Waals surface area contributed by atoms with Crippen molar-refractivity contribution < 1.29 is 14.8 Å². The van der Waals surface area contributed by atoms with Crippen LogP contribution in [0.15, 0.2) is 18.3 Å². The fourth-order valence-electron chi connectivity index (χ4n) is 0.696. The first-order valence-corrected chi connectivity index (χ1v) is 3.10. The maximum atomic E-state index is 8.68. The van der Waals surface area contributed by atoms with Gasteiger partial charge in [0.05, 0.1) is 12.7 Å². The van der Waals surface area contributed by atoms with Crippen LogP contribution in [0.4, 0.5) is 0 Å². The van der Waals surface area contributed by atoms with Crippen molar-refractivity contribution in [3.63, 3.8) is 0 Å². The summed E-state index contributed by atoms with van der Waals surface area (Å²) in [5.41, 5.74) is 0.185. The summed E-state index contributed by atoms with van der Waals surface area (Å²) >= 11 is 0. The maximum Gasteiger partial charge on any atom is 0.508 e. The van der Waals surface area contributed by atoms with Crippen molar-refractivity contribution in [2.75, 3.05) is 7.11 Å². The Balaban J connectivity index is 2.91. The number of rotatable bonds is 2. The number of hydrogen-bond acceptors (Lipinski definition) is 4. The molecule has 0 radical (unpaired) electrons. The molecule has 0 bridgehead atoms. The van der Waals surface area contributed by atoms with Crippen LogP contribution in [0.3, 0.4) is 0 Å². The van der Waals surface area contributed by atoms with Crippen molar-refractivity contribution >= 4 is 12.7 Å². The standard InChI is InChI=1S/C6H8BNO3/c1-11-5-2-3-8-6(4-5)7(9)10/h2-4,9-10H,1H3. The Bertz CT molecular complexity index is 241. The van der Waals surface area contributed by atoms with Crippen molar-refractivity contribution in [2.24, 2.45) is 0 Å². The van der Waals surface area contributed by atoms with Crippen LogP contribution in [-0.2, 0) is 0 Å². The second-order valence-corrected chi connectivity index (χ2v) is 1.99. The van der Waals surface area contributed by atoms with Crippen LogP contribution in [0.1, 0.15) is 0 Å². The molecule has 1 aromatic heterocycles. The van der Waals surface area contributed by atoms with Crippen molar-refractivity contribution in [1.29, 1.82) is 0 Å². The van der Waals surface area contributed by atoms with E-state index in [1.807, 2.05) is 0 Å².